The summed E-state index contributed by atoms with van der Waals surface area (Å²) in [5.74, 6) is 0. The SMILES string of the molecule is NC(Cn1ncccc1=O)c1ccccc1C(F)(F)F. The average molecular weight is 283 g/mol. The molecule has 7 heteroatoms. The molecule has 1 atom stereocenters. The Morgan fingerprint density at radius 3 is 2.55 bits per heavy atom. The van der Waals surface area contributed by atoms with Gasteiger partial charge in [0.05, 0.1) is 18.2 Å². The van der Waals surface area contributed by atoms with Gasteiger partial charge in [-0.05, 0) is 17.7 Å². The van der Waals surface area contributed by atoms with Gasteiger partial charge >= 0.3 is 6.18 Å². The second-order valence-corrected chi connectivity index (χ2v) is 4.24. The molecular weight excluding hydrogens is 271 g/mol. The van der Waals surface area contributed by atoms with Crippen molar-refractivity contribution in [3.05, 3.63) is 64.1 Å². The zero-order valence-electron chi connectivity index (χ0n) is 10.3. The lowest BCUT2D eigenvalue weighted by molar-refractivity contribution is -0.138. The predicted molar refractivity (Wildman–Crippen MR) is 66.9 cm³/mol. The van der Waals surface area contributed by atoms with Crippen molar-refractivity contribution in [2.45, 2.75) is 18.8 Å². The first-order chi connectivity index (χ1) is 9.39. The van der Waals surface area contributed by atoms with E-state index in [-0.39, 0.29) is 12.1 Å². The maximum Gasteiger partial charge on any atom is 0.416 e. The van der Waals surface area contributed by atoms with Crippen LogP contribution in [0.4, 0.5) is 13.2 Å². The van der Waals surface area contributed by atoms with E-state index in [1.165, 1.54) is 36.5 Å². The van der Waals surface area contributed by atoms with Gasteiger partial charge in [-0.3, -0.25) is 4.79 Å². The third-order valence-electron chi connectivity index (χ3n) is 2.82. The number of benzene rings is 1. The lowest BCUT2D eigenvalue weighted by Gasteiger charge is -2.18. The highest BCUT2D eigenvalue weighted by Crippen LogP contribution is 2.34. The number of aromatic nitrogens is 2. The van der Waals surface area contributed by atoms with Crippen LogP contribution in [0.25, 0.3) is 0 Å². The summed E-state index contributed by atoms with van der Waals surface area (Å²) in [5.41, 5.74) is 4.53. The van der Waals surface area contributed by atoms with Crippen molar-refractivity contribution in [2.24, 2.45) is 5.73 Å². The quantitative estimate of drug-likeness (QED) is 0.936. The number of halogens is 3. The molecule has 1 aromatic carbocycles. The molecule has 0 amide bonds. The number of hydrogen-bond donors (Lipinski definition) is 1. The molecule has 2 aromatic rings. The van der Waals surface area contributed by atoms with E-state index in [2.05, 4.69) is 5.10 Å². The first kappa shape index (κ1) is 14.3. The molecule has 1 heterocycles. The van der Waals surface area contributed by atoms with E-state index in [1.54, 1.807) is 0 Å². The Labute approximate surface area is 112 Å². The fourth-order valence-corrected chi connectivity index (χ4v) is 1.89. The Kier molecular flexibility index (Phi) is 3.89. The fraction of sp³-hybridized carbons (Fsp3) is 0.231. The summed E-state index contributed by atoms with van der Waals surface area (Å²) >= 11 is 0. The zero-order chi connectivity index (χ0) is 14.8. The largest absolute Gasteiger partial charge is 0.416 e. The Morgan fingerprint density at radius 2 is 1.90 bits per heavy atom. The van der Waals surface area contributed by atoms with Crippen LogP contribution in [0.1, 0.15) is 17.2 Å². The van der Waals surface area contributed by atoms with E-state index < -0.39 is 23.3 Å². The smallest absolute Gasteiger partial charge is 0.322 e. The van der Waals surface area contributed by atoms with Crippen molar-refractivity contribution < 1.29 is 13.2 Å². The Balaban J connectivity index is 2.33. The summed E-state index contributed by atoms with van der Waals surface area (Å²) in [6, 6.07) is 6.80. The van der Waals surface area contributed by atoms with Crippen LogP contribution in [-0.4, -0.2) is 9.78 Å². The minimum absolute atomic E-state index is 0.0578. The van der Waals surface area contributed by atoms with Crippen LogP contribution in [-0.2, 0) is 12.7 Å². The van der Waals surface area contributed by atoms with E-state index in [9.17, 15) is 18.0 Å². The third-order valence-corrected chi connectivity index (χ3v) is 2.82. The molecule has 2 rings (SSSR count). The highest BCUT2D eigenvalue weighted by atomic mass is 19.4. The molecule has 0 aliphatic carbocycles. The maximum atomic E-state index is 12.9. The molecule has 0 saturated heterocycles. The highest BCUT2D eigenvalue weighted by molar-refractivity contribution is 5.32. The Hall–Kier alpha value is -2.15. The fourth-order valence-electron chi connectivity index (χ4n) is 1.89. The molecule has 0 radical (unpaired) electrons. The highest BCUT2D eigenvalue weighted by Gasteiger charge is 2.34. The Bertz CT molecular complexity index is 652. The standard InChI is InChI=1S/C13H12F3N3O/c14-13(15,16)10-5-2-1-4-9(10)11(17)8-19-12(20)6-3-7-18-19/h1-7,11H,8,17H2. The van der Waals surface area contributed by atoms with Gasteiger partial charge in [-0.1, -0.05) is 18.2 Å². The molecule has 1 unspecified atom stereocenters. The molecule has 0 aliphatic rings. The van der Waals surface area contributed by atoms with Crippen molar-refractivity contribution in [2.75, 3.05) is 0 Å². The Morgan fingerprint density at radius 1 is 1.20 bits per heavy atom. The average Bonchev–Trinajstić information content (AvgIpc) is 2.40. The molecule has 0 fully saturated rings. The summed E-state index contributed by atoms with van der Waals surface area (Å²) < 4.78 is 39.7. The second-order valence-electron chi connectivity index (χ2n) is 4.24. The van der Waals surface area contributed by atoms with Crippen molar-refractivity contribution >= 4 is 0 Å². The number of hydrogen-bond acceptors (Lipinski definition) is 3. The molecule has 4 nitrogen and oxygen atoms in total. The third kappa shape index (κ3) is 3.05. The van der Waals surface area contributed by atoms with Gasteiger partial charge in [0.2, 0.25) is 0 Å². The molecule has 0 saturated carbocycles. The molecule has 106 valence electrons. The number of alkyl halides is 3. The first-order valence-corrected chi connectivity index (χ1v) is 5.83. The van der Waals surface area contributed by atoms with Crippen LogP contribution < -0.4 is 11.3 Å². The van der Waals surface area contributed by atoms with Crippen molar-refractivity contribution in [3.63, 3.8) is 0 Å². The first-order valence-electron chi connectivity index (χ1n) is 5.83. The lowest BCUT2D eigenvalue weighted by Crippen LogP contribution is -2.29. The van der Waals surface area contributed by atoms with Gasteiger partial charge in [0.25, 0.3) is 5.56 Å². The van der Waals surface area contributed by atoms with Gasteiger partial charge < -0.3 is 5.73 Å². The predicted octanol–water partition coefficient (Wildman–Crippen LogP) is 1.96. The van der Waals surface area contributed by atoms with E-state index in [4.69, 9.17) is 5.73 Å². The van der Waals surface area contributed by atoms with Crippen LogP contribution in [0, 0.1) is 0 Å². The molecule has 2 N–H and O–H groups in total. The van der Waals surface area contributed by atoms with Gasteiger partial charge in [-0.2, -0.15) is 18.3 Å². The number of rotatable bonds is 3. The van der Waals surface area contributed by atoms with Crippen molar-refractivity contribution in [1.82, 2.24) is 9.78 Å². The van der Waals surface area contributed by atoms with Crippen LogP contribution in [0.5, 0.6) is 0 Å². The van der Waals surface area contributed by atoms with Gasteiger partial charge in [-0.15, -0.1) is 0 Å². The van der Waals surface area contributed by atoms with Gasteiger partial charge in [0, 0.05) is 12.3 Å². The molecule has 0 aliphatic heterocycles. The van der Waals surface area contributed by atoms with Crippen LogP contribution in [0.15, 0.2) is 47.4 Å². The number of nitrogens with zero attached hydrogens (tertiary/aromatic N) is 2. The van der Waals surface area contributed by atoms with Crippen LogP contribution in [0.3, 0.4) is 0 Å². The van der Waals surface area contributed by atoms with Crippen molar-refractivity contribution in [1.29, 1.82) is 0 Å². The van der Waals surface area contributed by atoms with Crippen molar-refractivity contribution in [3.8, 4) is 0 Å². The van der Waals surface area contributed by atoms with E-state index in [1.807, 2.05) is 0 Å². The van der Waals surface area contributed by atoms with Gasteiger partial charge in [0.1, 0.15) is 0 Å². The van der Waals surface area contributed by atoms with E-state index in [0.29, 0.717) is 0 Å². The van der Waals surface area contributed by atoms with Gasteiger partial charge in [-0.25, -0.2) is 4.68 Å². The van der Waals surface area contributed by atoms with Crippen LogP contribution >= 0.6 is 0 Å². The summed E-state index contributed by atoms with van der Waals surface area (Å²) in [6.45, 7) is -0.118. The monoisotopic (exact) mass is 283 g/mol. The zero-order valence-corrected chi connectivity index (χ0v) is 10.3. The molecule has 1 aromatic heterocycles. The molecule has 0 spiro atoms. The summed E-state index contributed by atoms with van der Waals surface area (Å²) in [7, 11) is 0. The van der Waals surface area contributed by atoms with E-state index in [0.717, 1.165) is 10.7 Å². The summed E-state index contributed by atoms with van der Waals surface area (Å²) in [4.78, 5) is 11.5. The lowest BCUT2D eigenvalue weighted by atomic mass is 10.0. The number of nitrogens with two attached hydrogens (primary N) is 1. The molecule has 0 bridgehead atoms. The normalized spacial score (nSPS) is 13.2. The summed E-state index contributed by atoms with van der Waals surface area (Å²) in [6.07, 6.45) is -3.10. The van der Waals surface area contributed by atoms with E-state index >= 15 is 0 Å². The molecule has 20 heavy (non-hydrogen) atoms. The maximum absolute atomic E-state index is 12.9. The topological polar surface area (TPSA) is 60.9 Å². The minimum Gasteiger partial charge on any atom is -0.322 e. The second kappa shape index (κ2) is 5.46. The van der Waals surface area contributed by atoms with Crippen LogP contribution in [0.2, 0.25) is 0 Å². The van der Waals surface area contributed by atoms with Gasteiger partial charge in [0.15, 0.2) is 0 Å². The summed E-state index contributed by atoms with van der Waals surface area (Å²) in [5, 5.41) is 3.78. The molecular formula is C13H12F3N3O. The minimum atomic E-state index is -4.48.